The van der Waals surface area contributed by atoms with E-state index in [-0.39, 0.29) is 29.9 Å². The van der Waals surface area contributed by atoms with Gasteiger partial charge in [-0.3, -0.25) is 19.3 Å². The second-order valence-corrected chi connectivity index (χ2v) is 12.0. The van der Waals surface area contributed by atoms with Crippen molar-refractivity contribution < 1.29 is 28.5 Å². The predicted molar refractivity (Wildman–Crippen MR) is 154 cm³/mol. The molecule has 0 aliphatic carbocycles. The second kappa shape index (κ2) is 12.5. The van der Waals surface area contributed by atoms with E-state index in [0.717, 1.165) is 16.0 Å². The number of nitrogens with one attached hydrogen (secondary N) is 1. The summed E-state index contributed by atoms with van der Waals surface area (Å²) in [4.78, 5) is 54.2. The van der Waals surface area contributed by atoms with Crippen LogP contribution in [0.4, 0.5) is 0 Å². The highest BCUT2D eigenvalue weighted by molar-refractivity contribution is 7.92. The van der Waals surface area contributed by atoms with Crippen LogP contribution >= 0.6 is 11.3 Å². The molecule has 0 saturated carbocycles. The minimum atomic E-state index is -1.71. The summed E-state index contributed by atoms with van der Waals surface area (Å²) in [5.74, 6) is 2.57. The lowest BCUT2D eigenvalue weighted by Gasteiger charge is -2.49. The van der Waals surface area contributed by atoms with Gasteiger partial charge < -0.3 is 20.4 Å². The van der Waals surface area contributed by atoms with E-state index in [1.54, 1.807) is 6.07 Å². The molecular formula is C29H26N4O6S2. The summed E-state index contributed by atoms with van der Waals surface area (Å²) in [6, 6.07) is 20.7. The van der Waals surface area contributed by atoms with Crippen LogP contribution in [0.5, 0.6) is 0 Å². The first-order chi connectivity index (χ1) is 19.9. The van der Waals surface area contributed by atoms with Crippen molar-refractivity contribution in [1.29, 1.82) is 0 Å². The molecule has 3 aromatic rings. The van der Waals surface area contributed by atoms with Gasteiger partial charge in [0, 0.05) is 16.9 Å². The van der Waals surface area contributed by atoms with Gasteiger partial charge in [0.25, 0.3) is 5.91 Å². The number of ketones is 1. The molecule has 2 amide bonds. The van der Waals surface area contributed by atoms with Gasteiger partial charge in [-0.05, 0) is 33.7 Å². The van der Waals surface area contributed by atoms with Gasteiger partial charge in [-0.25, -0.2) is 4.79 Å². The number of nitrogens with two attached hydrogens (primary N) is 1. The Labute approximate surface area is 243 Å². The van der Waals surface area contributed by atoms with Crippen molar-refractivity contribution in [3.63, 3.8) is 0 Å². The van der Waals surface area contributed by atoms with Crippen LogP contribution in [0.1, 0.15) is 28.5 Å². The molecule has 2 aliphatic rings. The quantitative estimate of drug-likeness (QED) is 0.0916. The number of thiophene rings is 1. The van der Waals surface area contributed by atoms with E-state index in [9.17, 15) is 23.7 Å². The Morgan fingerprint density at radius 1 is 1.07 bits per heavy atom. The standard InChI is InChI=1S/C29H26N4O6S2/c30-31-16-21(34)14-20-17-41(38)28-24(32-23(35)15-22-12-7-13-40-22)27(36)33(28)25(20)29(37)39-26(18-8-3-1-4-9-18)19-10-5-2-6-11-19/h1-13,16,24,26,28H,14-15,17,30H2,(H,32,35)/t24?,28-,41?/m0/s1. The largest absolute Gasteiger partial charge is 0.614 e. The Kier molecular flexibility index (Phi) is 8.62. The molecule has 210 valence electrons. The van der Waals surface area contributed by atoms with Crippen molar-refractivity contribution >= 4 is 52.3 Å². The van der Waals surface area contributed by atoms with Crippen LogP contribution in [0, 0.1) is 0 Å². The van der Waals surface area contributed by atoms with Crippen molar-refractivity contribution in [2.75, 3.05) is 5.75 Å². The average molecular weight is 591 g/mol. The van der Waals surface area contributed by atoms with Crippen LogP contribution in [-0.4, -0.2) is 56.4 Å². The molecule has 3 atom stereocenters. The Morgan fingerprint density at radius 2 is 1.73 bits per heavy atom. The van der Waals surface area contributed by atoms with Crippen LogP contribution in [0.3, 0.4) is 0 Å². The molecule has 10 nitrogen and oxygen atoms in total. The van der Waals surface area contributed by atoms with Gasteiger partial charge in [0.1, 0.15) is 11.4 Å². The van der Waals surface area contributed by atoms with Crippen molar-refractivity contribution in [1.82, 2.24) is 10.2 Å². The highest BCUT2D eigenvalue weighted by Crippen LogP contribution is 2.39. The van der Waals surface area contributed by atoms with Gasteiger partial charge in [0.15, 0.2) is 17.9 Å². The maximum Gasteiger partial charge on any atom is 0.356 e. The van der Waals surface area contributed by atoms with Gasteiger partial charge >= 0.3 is 5.97 Å². The van der Waals surface area contributed by atoms with Gasteiger partial charge in [-0.2, -0.15) is 5.10 Å². The van der Waals surface area contributed by atoms with Gasteiger partial charge in [0.2, 0.25) is 11.3 Å². The first-order valence-electron chi connectivity index (χ1n) is 12.7. The normalized spacial score (nSPS) is 20.1. The first-order valence-corrected chi connectivity index (χ1v) is 14.9. The summed E-state index contributed by atoms with van der Waals surface area (Å²) in [5, 5.41) is 6.77. The highest BCUT2D eigenvalue weighted by Gasteiger charge is 2.61. The lowest BCUT2D eigenvalue weighted by molar-refractivity contribution is -0.155. The monoisotopic (exact) mass is 590 g/mol. The van der Waals surface area contributed by atoms with E-state index in [2.05, 4.69) is 10.4 Å². The van der Waals surface area contributed by atoms with Crippen molar-refractivity contribution in [2.24, 2.45) is 10.9 Å². The van der Waals surface area contributed by atoms with Crippen LogP contribution in [0.25, 0.3) is 0 Å². The second-order valence-electron chi connectivity index (χ2n) is 9.41. The van der Waals surface area contributed by atoms with E-state index >= 15 is 0 Å². The number of carbonyl (C=O) groups excluding carboxylic acids is 4. The molecule has 2 aliphatic heterocycles. The molecule has 3 N–H and O–H groups in total. The molecule has 1 fully saturated rings. The zero-order valence-corrected chi connectivity index (χ0v) is 23.3. The number of hydrazone groups is 1. The molecule has 5 rings (SSSR count). The van der Waals surface area contributed by atoms with E-state index in [1.165, 1.54) is 11.3 Å². The summed E-state index contributed by atoms with van der Waals surface area (Å²) >= 11 is -0.299. The van der Waals surface area contributed by atoms with E-state index in [0.29, 0.717) is 11.1 Å². The van der Waals surface area contributed by atoms with Gasteiger partial charge in [-0.15, -0.1) is 11.3 Å². The minimum Gasteiger partial charge on any atom is -0.614 e. The zero-order chi connectivity index (χ0) is 28.9. The molecule has 2 unspecified atom stereocenters. The molecular weight excluding hydrogens is 564 g/mol. The third-order valence-electron chi connectivity index (χ3n) is 6.67. The Morgan fingerprint density at radius 3 is 2.32 bits per heavy atom. The minimum absolute atomic E-state index is 0.0690. The molecule has 1 saturated heterocycles. The van der Waals surface area contributed by atoms with Gasteiger partial charge in [-0.1, -0.05) is 66.7 Å². The van der Waals surface area contributed by atoms with Crippen LogP contribution in [0.2, 0.25) is 0 Å². The topological polar surface area (TPSA) is 154 Å². The molecule has 12 heteroatoms. The van der Waals surface area contributed by atoms with E-state index in [4.69, 9.17) is 10.6 Å². The Hall–Kier alpha value is -4.26. The van der Waals surface area contributed by atoms with Crippen LogP contribution < -0.4 is 11.2 Å². The number of rotatable bonds is 10. The zero-order valence-electron chi connectivity index (χ0n) is 21.7. The number of fused-ring (bicyclic) bond motifs is 1. The number of benzene rings is 2. The summed E-state index contributed by atoms with van der Waals surface area (Å²) in [6.07, 6.45) is -0.180. The molecule has 2 aromatic carbocycles. The van der Waals surface area contributed by atoms with E-state index in [1.807, 2.05) is 72.1 Å². The number of esters is 1. The third kappa shape index (κ3) is 6.09. The molecule has 0 spiro atoms. The highest BCUT2D eigenvalue weighted by atomic mass is 32.2. The Bertz CT molecular complexity index is 1450. The number of hydrogen-bond donors (Lipinski definition) is 2. The number of Topliss-reactive ketones (excluding diaryl/α,β-unsaturated/α-hetero) is 1. The predicted octanol–water partition coefficient (Wildman–Crippen LogP) is 2.20. The molecule has 3 heterocycles. The number of ether oxygens (including phenoxy) is 1. The fourth-order valence-electron chi connectivity index (χ4n) is 4.86. The van der Waals surface area contributed by atoms with Crippen LogP contribution in [0.15, 0.2) is 94.5 Å². The third-order valence-corrected chi connectivity index (χ3v) is 9.20. The number of β-lactam (4-membered cyclic amide) rings is 1. The number of carbonyl (C=O) groups is 4. The SMILES string of the molecule is NN=CC(=O)CC1=C(C(=O)OC(c2ccccc2)c2ccccc2)N2C(=O)C(NC(=O)Cc3cccs3)[C@@H]2[S+]([O-])C1. The van der Waals surface area contributed by atoms with Crippen molar-refractivity contribution in [3.05, 3.63) is 105 Å². The smallest absolute Gasteiger partial charge is 0.356 e. The summed E-state index contributed by atoms with van der Waals surface area (Å²) in [6.45, 7) is 0. The summed E-state index contributed by atoms with van der Waals surface area (Å²) in [5.41, 5.74) is 1.42. The Balaban J connectivity index is 1.45. The fraction of sp³-hybridized carbons (Fsp3) is 0.207. The number of nitrogens with zero attached hydrogens (tertiary/aromatic N) is 2. The first kappa shape index (κ1) is 28.3. The molecule has 1 aromatic heterocycles. The van der Waals surface area contributed by atoms with Crippen molar-refractivity contribution in [2.45, 2.75) is 30.4 Å². The van der Waals surface area contributed by atoms with Crippen molar-refractivity contribution in [3.8, 4) is 0 Å². The lowest BCUT2D eigenvalue weighted by Crippen LogP contribution is -2.75. The lowest BCUT2D eigenvalue weighted by atomic mass is 9.99. The summed E-state index contributed by atoms with van der Waals surface area (Å²) < 4.78 is 19.3. The average Bonchev–Trinajstić information content (AvgIpc) is 3.48. The molecule has 0 bridgehead atoms. The summed E-state index contributed by atoms with van der Waals surface area (Å²) in [7, 11) is 0. The van der Waals surface area contributed by atoms with Crippen LogP contribution in [-0.2, 0) is 41.5 Å². The molecule has 41 heavy (non-hydrogen) atoms. The number of hydrogen-bond acceptors (Lipinski definition) is 9. The number of amides is 2. The van der Waals surface area contributed by atoms with E-state index < -0.39 is 52.3 Å². The maximum absolute atomic E-state index is 13.9. The maximum atomic E-state index is 13.9. The molecule has 0 radical (unpaired) electrons. The fourth-order valence-corrected chi connectivity index (χ4v) is 7.25. The van der Waals surface area contributed by atoms with Gasteiger partial charge in [0.05, 0.1) is 12.6 Å².